The standard InChI is InChI=1S/C26H28N4O3S/c31-22(17-21-24(33)28-25(34-21)30-15-4-5-16-30)27-20-11-9-18(10-12-20)23(32)29-26(13-6-14-26)19-7-2-1-3-8-19/h1-3,7-12,21H,4-6,13-17H2,(H,27,31)(H,29,32). The van der Waals surface area contributed by atoms with Crippen molar-refractivity contribution in [1.82, 2.24) is 10.2 Å². The van der Waals surface area contributed by atoms with E-state index in [9.17, 15) is 14.4 Å². The lowest BCUT2D eigenvalue weighted by Gasteiger charge is -2.43. The molecule has 8 heteroatoms. The van der Waals surface area contributed by atoms with Gasteiger partial charge in [-0.15, -0.1) is 0 Å². The first-order valence-corrected chi connectivity index (χ1v) is 12.7. The highest BCUT2D eigenvalue weighted by Gasteiger charge is 2.40. The second-order valence-electron chi connectivity index (χ2n) is 9.12. The van der Waals surface area contributed by atoms with E-state index in [1.165, 1.54) is 11.8 Å². The number of hydrogen-bond acceptors (Lipinski definition) is 5. The largest absolute Gasteiger partial charge is 0.351 e. The van der Waals surface area contributed by atoms with Crippen LogP contribution in [0.3, 0.4) is 0 Å². The van der Waals surface area contributed by atoms with Crippen LogP contribution in [0.2, 0.25) is 0 Å². The highest BCUT2D eigenvalue weighted by atomic mass is 32.2. The summed E-state index contributed by atoms with van der Waals surface area (Å²) in [5.74, 6) is -0.600. The van der Waals surface area contributed by atoms with E-state index in [0.29, 0.717) is 11.3 Å². The van der Waals surface area contributed by atoms with E-state index in [4.69, 9.17) is 0 Å². The zero-order chi connectivity index (χ0) is 23.5. The van der Waals surface area contributed by atoms with Crippen molar-refractivity contribution in [3.63, 3.8) is 0 Å². The molecule has 2 heterocycles. The van der Waals surface area contributed by atoms with Crippen LogP contribution in [-0.2, 0) is 15.1 Å². The summed E-state index contributed by atoms with van der Waals surface area (Å²) in [4.78, 5) is 43.9. The number of aliphatic imine (C=N–C) groups is 1. The van der Waals surface area contributed by atoms with Crippen molar-refractivity contribution >= 4 is 40.3 Å². The smallest absolute Gasteiger partial charge is 0.262 e. The van der Waals surface area contributed by atoms with Gasteiger partial charge in [-0.1, -0.05) is 42.1 Å². The Hall–Kier alpha value is -3.13. The number of nitrogens with zero attached hydrogens (tertiary/aromatic N) is 2. The van der Waals surface area contributed by atoms with Gasteiger partial charge in [0.05, 0.1) is 5.54 Å². The van der Waals surface area contributed by atoms with Crippen LogP contribution in [0.4, 0.5) is 5.69 Å². The number of carbonyl (C=O) groups excluding carboxylic acids is 3. The van der Waals surface area contributed by atoms with Crippen molar-refractivity contribution in [3.05, 3.63) is 65.7 Å². The third-order valence-electron chi connectivity index (χ3n) is 6.79. The number of hydrogen-bond donors (Lipinski definition) is 2. The highest BCUT2D eigenvalue weighted by Crippen LogP contribution is 2.41. The molecule has 2 aromatic carbocycles. The molecule has 0 spiro atoms. The third-order valence-corrected chi connectivity index (χ3v) is 8.01. The topological polar surface area (TPSA) is 90.9 Å². The SMILES string of the molecule is O=C(CC1SC(N2CCCC2)=NC1=O)Nc1ccc(C(=O)NC2(c3ccccc3)CCC2)cc1. The molecular formula is C26H28N4O3S. The molecule has 1 saturated carbocycles. The van der Waals surface area contributed by atoms with Gasteiger partial charge in [-0.2, -0.15) is 4.99 Å². The maximum atomic E-state index is 12.9. The Bertz CT molecular complexity index is 1110. The summed E-state index contributed by atoms with van der Waals surface area (Å²) in [6, 6.07) is 17.0. The van der Waals surface area contributed by atoms with E-state index >= 15 is 0 Å². The van der Waals surface area contributed by atoms with Crippen molar-refractivity contribution in [2.24, 2.45) is 4.99 Å². The number of thioether (sulfide) groups is 1. The maximum Gasteiger partial charge on any atom is 0.262 e. The molecule has 7 nitrogen and oxygen atoms in total. The van der Waals surface area contributed by atoms with Gasteiger partial charge in [-0.25, -0.2) is 0 Å². The second-order valence-corrected chi connectivity index (χ2v) is 10.3. The Kier molecular flexibility index (Phi) is 6.41. The van der Waals surface area contributed by atoms with Gasteiger partial charge in [-0.3, -0.25) is 14.4 Å². The predicted octanol–water partition coefficient (Wildman–Crippen LogP) is 3.92. The van der Waals surface area contributed by atoms with Gasteiger partial charge in [0.2, 0.25) is 5.91 Å². The molecule has 0 bridgehead atoms. The van der Waals surface area contributed by atoms with E-state index in [1.54, 1.807) is 24.3 Å². The fourth-order valence-corrected chi connectivity index (χ4v) is 5.82. The van der Waals surface area contributed by atoms with Crippen LogP contribution < -0.4 is 10.6 Å². The van der Waals surface area contributed by atoms with Crippen LogP contribution in [-0.4, -0.2) is 46.1 Å². The van der Waals surface area contributed by atoms with E-state index in [2.05, 4.69) is 32.7 Å². The van der Waals surface area contributed by atoms with Crippen molar-refractivity contribution in [3.8, 4) is 0 Å². The molecule has 3 aliphatic rings. The molecular weight excluding hydrogens is 448 g/mol. The first-order valence-electron chi connectivity index (χ1n) is 11.8. The first-order chi connectivity index (χ1) is 16.5. The molecule has 2 N–H and O–H groups in total. The average Bonchev–Trinajstić information content (AvgIpc) is 3.47. The van der Waals surface area contributed by atoms with E-state index < -0.39 is 5.25 Å². The summed E-state index contributed by atoms with van der Waals surface area (Å²) in [6.45, 7) is 1.84. The van der Waals surface area contributed by atoms with Crippen molar-refractivity contribution < 1.29 is 14.4 Å². The fraction of sp³-hybridized carbons (Fsp3) is 0.385. The normalized spacial score (nSPS) is 21.1. The quantitative estimate of drug-likeness (QED) is 0.660. The molecule has 1 atom stereocenters. The zero-order valence-electron chi connectivity index (χ0n) is 19.0. The molecule has 1 unspecified atom stereocenters. The number of nitrogens with one attached hydrogen (secondary N) is 2. The number of benzene rings is 2. The van der Waals surface area contributed by atoms with Crippen LogP contribution >= 0.6 is 11.8 Å². The van der Waals surface area contributed by atoms with E-state index in [-0.39, 0.29) is 29.7 Å². The summed E-state index contributed by atoms with van der Waals surface area (Å²) in [6.07, 6.45) is 5.25. The number of amides is 3. The molecule has 3 amide bonds. The van der Waals surface area contributed by atoms with Crippen LogP contribution in [0.25, 0.3) is 0 Å². The fourth-order valence-electron chi connectivity index (χ4n) is 4.70. The Morgan fingerprint density at radius 2 is 1.71 bits per heavy atom. The lowest BCUT2D eigenvalue weighted by atomic mass is 9.71. The number of rotatable bonds is 6. The monoisotopic (exact) mass is 476 g/mol. The highest BCUT2D eigenvalue weighted by molar-refractivity contribution is 8.15. The Morgan fingerprint density at radius 1 is 1.00 bits per heavy atom. The molecule has 1 aliphatic carbocycles. The van der Waals surface area contributed by atoms with Crippen LogP contribution in [0, 0.1) is 0 Å². The molecule has 0 aromatic heterocycles. The Balaban J connectivity index is 1.15. The van der Waals surface area contributed by atoms with Gasteiger partial charge in [-0.05, 0) is 61.9 Å². The molecule has 2 aliphatic heterocycles. The number of carbonyl (C=O) groups is 3. The van der Waals surface area contributed by atoms with Gasteiger partial charge >= 0.3 is 0 Å². The zero-order valence-corrected chi connectivity index (χ0v) is 19.8. The van der Waals surface area contributed by atoms with Gasteiger partial charge < -0.3 is 15.5 Å². The number of likely N-dealkylation sites (tertiary alicyclic amines) is 1. The van der Waals surface area contributed by atoms with E-state index in [1.807, 2.05) is 18.2 Å². The van der Waals surface area contributed by atoms with Gasteiger partial charge in [0.25, 0.3) is 11.8 Å². The summed E-state index contributed by atoms with van der Waals surface area (Å²) in [5, 5.41) is 6.33. The second kappa shape index (κ2) is 9.62. The molecule has 2 aromatic rings. The van der Waals surface area contributed by atoms with Crippen molar-refractivity contribution in [2.45, 2.75) is 49.3 Å². The lowest BCUT2D eigenvalue weighted by molar-refractivity contribution is -0.121. The number of anilines is 1. The van der Waals surface area contributed by atoms with Crippen LogP contribution in [0.1, 0.15) is 54.4 Å². The van der Waals surface area contributed by atoms with Gasteiger partial charge in [0.1, 0.15) is 5.25 Å². The first kappa shape index (κ1) is 22.7. The lowest BCUT2D eigenvalue weighted by Crippen LogP contribution is -2.50. The van der Waals surface area contributed by atoms with Crippen LogP contribution in [0.5, 0.6) is 0 Å². The van der Waals surface area contributed by atoms with Crippen LogP contribution in [0.15, 0.2) is 59.6 Å². The van der Waals surface area contributed by atoms with E-state index in [0.717, 1.165) is 55.9 Å². The minimum absolute atomic E-state index is 0.0756. The third kappa shape index (κ3) is 4.73. The molecule has 176 valence electrons. The average molecular weight is 477 g/mol. The maximum absolute atomic E-state index is 12.9. The molecule has 0 radical (unpaired) electrons. The summed E-state index contributed by atoms with van der Waals surface area (Å²) in [5.41, 5.74) is 1.98. The molecule has 34 heavy (non-hydrogen) atoms. The number of amidine groups is 1. The molecule has 2 fully saturated rings. The minimum atomic E-state index is -0.475. The summed E-state index contributed by atoms with van der Waals surface area (Å²) in [7, 11) is 0. The summed E-state index contributed by atoms with van der Waals surface area (Å²) >= 11 is 1.38. The van der Waals surface area contributed by atoms with Crippen molar-refractivity contribution in [2.75, 3.05) is 18.4 Å². The minimum Gasteiger partial charge on any atom is -0.351 e. The Labute approximate surface area is 203 Å². The molecule has 5 rings (SSSR count). The van der Waals surface area contributed by atoms with Gasteiger partial charge in [0, 0.05) is 30.8 Å². The predicted molar refractivity (Wildman–Crippen MR) is 134 cm³/mol. The van der Waals surface area contributed by atoms with Gasteiger partial charge in [0.15, 0.2) is 5.17 Å². The Morgan fingerprint density at radius 3 is 2.35 bits per heavy atom. The van der Waals surface area contributed by atoms with Crippen molar-refractivity contribution in [1.29, 1.82) is 0 Å². The summed E-state index contributed by atoms with van der Waals surface area (Å²) < 4.78 is 0. The molecule has 1 saturated heterocycles.